The van der Waals surface area contributed by atoms with Crippen LogP contribution < -0.4 is 10.5 Å². The monoisotopic (exact) mass is 1060 g/mol. The first-order valence-electron chi connectivity index (χ1n) is 21.7. The van der Waals surface area contributed by atoms with Crippen molar-refractivity contribution in [2.75, 3.05) is 41.0 Å². The van der Waals surface area contributed by atoms with Gasteiger partial charge >= 0.3 is 6.18 Å². The van der Waals surface area contributed by atoms with Crippen molar-refractivity contribution in [1.29, 1.82) is 0 Å². The first-order valence-corrected chi connectivity index (χ1v) is 26.0. The number of sulfonamides is 3. The van der Waals surface area contributed by atoms with Gasteiger partial charge in [-0.2, -0.15) is 27.6 Å². The highest BCUT2D eigenvalue weighted by molar-refractivity contribution is 7.89. The van der Waals surface area contributed by atoms with Crippen LogP contribution in [0.5, 0.6) is 0 Å². The van der Waals surface area contributed by atoms with Crippen molar-refractivity contribution in [2.45, 2.75) is 40.1 Å². The van der Waals surface area contributed by atoms with E-state index in [1.807, 2.05) is 24.3 Å². The highest BCUT2D eigenvalue weighted by atomic mass is 32.2. The third-order valence-corrected chi connectivity index (χ3v) is 15.8. The van der Waals surface area contributed by atoms with Gasteiger partial charge in [-0.15, -0.1) is 30.6 Å². The van der Waals surface area contributed by atoms with Crippen molar-refractivity contribution in [1.82, 2.24) is 74.0 Å². The maximum absolute atomic E-state index is 13.0. The number of hydrogen-bond donors (Lipinski definition) is 2. The first-order chi connectivity index (χ1) is 34.3. The largest absolute Gasteiger partial charge is 0.416 e. The van der Waals surface area contributed by atoms with Crippen molar-refractivity contribution in [3.8, 4) is 34.2 Å². The molecule has 0 aliphatic rings. The molecule has 0 saturated heterocycles. The van der Waals surface area contributed by atoms with Crippen LogP contribution in [0.4, 0.5) is 18.9 Å². The number of rotatable bonds is 14. The lowest BCUT2D eigenvalue weighted by Gasteiger charge is -2.14. The molecular weight excluding hydrogens is 1010 g/mol. The number of nitrogen functional groups attached to an aromatic ring is 1. The maximum Gasteiger partial charge on any atom is 0.416 e. The normalized spacial score (nSPS) is 12.1. The number of nitrogens with two attached hydrogens (primary N) is 1. The quantitative estimate of drug-likeness (QED) is 0.146. The summed E-state index contributed by atoms with van der Waals surface area (Å²) in [5.41, 5.74) is 10.2. The Morgan fingerprint density at radius 2 is 1.00 bits per heavy atom. The highest BCUT2D eigenvalue weighted by Crippen LogP contribution is 2.32. The fourth-order valence-electron chi connectivity index (χ4n) is 6.83. The van der Waals surface area contributed by atoms with Gasteiger partial charge in [-0.3, -0.25) is 0 Å². The zero-order valence-corrected chi connectivity index (χ0v) is 43.1. The molecule has 3 aromatic heterocycles. The van der Waals surface area contributed by atoms with E-state index in [0.717, 1.165) is 34.8 Å². The average Bonchev–Trinajstić information content (AvgIpc) is 4.12. The van der Waals surface area contributed by atoms with Crippen LogP contribution in [0.2, 0.25) is 0 Å². The minimum Gasteiger partial charge on any atom is -0.398 e. The van der Waals surface area contributed by atoms with E-state index in [1.54, 1.807) is 39.3 Å². The maximum atomic E-state index is 13.0. The Bertz CT molecular complexity index is 3550. The van der Waals surface area contributed by atoms with Crippen molar-refractivity contribution in [2.24, 2.45) is 21.1 Å². The molecule has 0 spiro atoms. The molecule has 0 unspecified atom stereocenters. The van der Waals surface area contributed by atoms with Gasteiger partial charge < -0.3 is 5.73 Å². The predicted molar refractivity (Wildman–Crippen MR) is 263 cm³/mol. The lowest BCUT2D eigenvalue weighted by Crippen LogP contribution is -2.22. The molecule has 73 heavy (non-hydrogen) atoms. The Labute approximate surface area is 419 Å². The molecular formula is C45H51F3N16O6S3. The van der Waals surface area contributed by atoms with Gasteiger partial charge in [0.15, 0.2) is 0 Å². The minimum absolute atomic E-state index is 0.00903. The van der Waals surface area contributed by atoms with Gasteiger partial charge in [0.1, 0.15) is 0 Å². The van der Waals surface area contributed by atoms with E-state index in [1.165, 1.54) is 102 Å². The second kappa shape index (κ2) is 22.6. The Morgan fingerprint density at radius 1 is 0.548 bits per heavy atom. The molecule has 0 bridgehead atoms. The van der Waals surface area contributed by atoms with Gasteiger partial charge in [-0.25, -0.2) is 38.6 Å². The van der Waals surface area contributed by atoms with Crippen LogP contribution in [-0.4, -0.2) is 130 Å². The summed E-state index contributed by atoms with van der Waals surface area (Å²) in [6.07, 6.45) is -2.72. The second-order valence-electron chi connectivity index (χ2n) is 16.3. The molecule has 22 nitrogen and oxygen atoms in total. The smallest absolute Gasteiger partial charge is 0.398 e. The minimum atomic E-state index is -4.45. The summed E-state index contributed by atoms with van der Waals surface area (Å²) in [6.45, 7) is 0. The second-order valence-corrected chi connectivity index (χ2v) is 22.5. The van der Waals surface area contributed by atoms with Crippen LogP contribution in [0, 0.1) is 0 Å². The van der Waals surface area contributed by atoms with Crippen molar-refractivity contribution in [3.63, 3.8) is 0 Å². The van der Waals surface area contributed by atoms with Gasteiger partial charge in [0.25, 0.3) is 0 Å². The molecule has 0 fully saturated rings. The van der Waals surface area contributed by atoms with Gasteiger partial charge in [-0.1, -0.05) is 60.7 Å². The van der Waals surface area contributed by atoms with Crippen LogP contribution in [0.3, 0.4) is 0 Å². The van der Waals surface area contributed by atoms with Crippen LogP contribution in [0.25, 0.3) is 34.2 Å². The Kier molecular flexibility index (Phi) is 17.0. The van der Waals surface area contributed by atoms with Gasteiger partial charge in [-0.05, 0) is 113 Å². The topological polar surface area (TPSA) is 278 Å². The molecule has 0 saturated carbocycles. The number of alkyl halides is 3. The van der Waals surface area contributed by atoms with Crippen LogP contribution in [0.15, 0.2) is 124 Å². The number of nitrogens with one attached hydrogen (secondary N) is 1. The SMILES string of the molecule is CN(C)S(=O)(=O)c1ccc(CCc2ccccc2)c(-c2nnn(C)n2)c1.CN(C)S(=O)(=O)c1ccc(N)c(-c2nnn(C)n2)c1.CNS(=O)(=O)c1ccc(Cc2cccc(C(F)(F)F)c2)c(-c2nnn(C)n2)c1. The lowest BCUT2D eigenvalue weighted by molar-refractivity contribution is -0.137. The lowest BCUT2D eigenvalue weighted by atomic mass is 9.98. The predicted octanol–water partition coefficient (Wildman–Crippen LogP) is 4.02. The zero-order valence-electron chi connectivity index (χ0n) is 40.7. The van der Waals surface area contributed by atoms with E-state index in [4.69, 9.17) is 5.73 Å². The van der Waals surface area contributed by atoms with Crippen LogP contribution in [-0.2, 0) is 76.7 Å². The Morgan fingerprint density at radius 3 is 1.49 bits per heavy atom. The first kappa shape index (κ1) is 55.0. The molecule has 0 radical (unpaired) electrons. The molecule has 386 valence electrons. The summed E-state index contributed by atoms with van der Waals surface area (Å²) >= 11 is 0. The van der Waals surface area contributed by atoms with E-state index < -0.39 is 41.8 Å². The summed E-state index contributed by atoms with van der Waals surface area (Å²) < 4.78 is 117. The molecule has 3 heterocycles. The molecule has 0 amide bonds. The third kappa shape index (κ3) is 13.6. The summed E-state index contributed by atoms with van der Waals surface area (Å²) in [6, 6.07) is 28.9. The number of halogens is 3. The van der Waals surface area contributed by atoms with E-state index in [9.17, 15) is 38.4 Å². The summed E-state index contributed by atoms with van der Waals surface area (Å²) in [5, 5.41) is 35.5. The van der Waals surface area contributed by atoms with Gasteiger partial charge in [0.05, 0.1) is 41.4 Å². The number of aryl methyl sites for hydroxylation is 5. The Hall–Kier alpha value is -7.37. The number of anilines is 1. The van der Waals surface area contributed by atoms with Crippen molar-refractivity contribution < 1.29 is 38.4 Å². The van der Waals surface area contributed by atoms with E-state index in [2.05, 4.69) is 63.1 Å². The van der Waals surface area contributed by atoms with Gasteiger partial charge in [0, 0.05) is 50.6 Å². The van der Waals surface area contributed by atoms with Gasteiger partial charge in [0.2, 0.25) is 47.5 Å². The van der Waals surface area contributed by atoms with Crippen molar-refractivity contribution >= 4 is 35.8 Å². The number of aromatic nitrogens is 12. The molecule has 5 aromatic carbocycles. The average molecular weight is 1070 g/mol. The summed E-state index contributed by atoms with van der Waals surface area (Å²) in [4.78, 5) is 4.20. The third-order valence-electron chi connectivity index (χ3n) is 10.7. The Balaban J connectivity index is 0.000000182. The zero-order chi connectivity index (χ0) is 53.5. The number of tetrazole rings is 3. The van der Waals surface area contributed by atoms with Crippen LogP contribution in [0.1, 0.15) is 27.8 Å². The van der Waals surface area contributed by atoms with E-state index >= 15 is 0 Å². The van der Waals surface area contributed by atoms with Crippen molar-refractivity contribution in [3.05, 3.63) is 137 Å². The van der Waals surface area contributed by atoms with E-state index in [0.29, 0.717) is 39.3 Å². The fourth-order valence-corrected chi connectivity index (χ4v) is 9.45. The molecule has 0 aliphatic heterocycles. The molecule has 3 N–H and O–H groups in total. The number of nitrogens with zero attached hydrogens (tertiary/aromatic N) is 14. The number of hydrogen-bond acceptors (Lipinski definition) is 16. The number of benzene rings is 5. The summed E-state index contributed by atoms with van der Waals surface area (Å²) in [5.74, 6) is 0.889. The highest BCUT2D eigenvalue weighted by Gasteiger charge is 2.30. The van der Waals surface area contributed by atoms with E-state index in [-0.39, 0.29) is 32.8 Å². The molecule has 0 atom stereocenters. The summed E-state index contributed by atoms with van der Waals surface area (Å²) in [7, 11) is 1.31. The van der Waals surface area contributed by atoms with Crippen LogP contribution >= 0.6 is 0 Å². The fraction of sp³-hybridized carbons (Fsp3) is 0.267. The molecule has 8 aromatic rings. The molecule has 0 aliphatic carbocycles. The standard InChI is InChI=1S/C18H21N5O2S.C17H16F3N5O2S.C10H14N6O2S/c1-22(2)26(24,25)16-12-11-15(10-9-14-7-5-4-6-8-14)17(13-16)18-19-21-23(3)20-18;1-21-28(26,27)14-7-6-12(15(10-14)16-22-24-25(2)23-16)8-11-4-3-5-13(9-11)17(18,19)20;1-15(2)19(17,18)7-4-5-9(11)8(6-7)10-12-14-16(3)13-10/h4-8,11-13H,9-10H2,1-3H3;3-7,9-10,21H,8H2,1-2H3;4-6H,11H2,1-3H3. The molecule has 28 heteroatoms. The molecule has 8 rings (SSSR count).